The molecule has 7 nitrogen and oxygen atoms in total. The van der Waals surface area contributed by atoms with Gasteiger partial charge in [-0.05, 0) is 37.4 Å². The summed E-state index contributed by atoms with van der Waals surface area (Å²) in [4.78, 5) is 16.8. The van der Waals surface area contributed by atoms with E-state index in [-0.39, 0.29) is 5.91 Å². The first-order chi connectivity index (χ1) is 12.9. The molecule has 0 unspecified atom stereocenters. The van der Waals surface area contributed by atoms with Gasteiger partial charge in [0.1, 0.15) is 5.75 Å². The zero-order valence-electron chi connectivity index (χ0n) is 16.1. The van der Waals surface area contributed by atoms with Crippen LogP contribution in [0.15, 0.2) is 24.3 Å². The fourth-order valence-corrected chi connectivity index (χ4v) is 4.83. The van der Waals surface area contributed by atoms with Crippen molar-refractivity contribution < 1.29 is 17.9 Å². The van der Waals surface area contributed by atoms with E-state index in [1.807, 2.05) is 18.2 Å². The Morgan fingerprint density at radius 1 is 1.15 bits per heavy atom. The summed E-state index contributed by atoms with van der Waals surface area (Å²) in [5, 5.41) is 0. The van der Waals surface area contributed by atoms with Crippen molar-refractivity contribution in [1.29, 1.82) is 0 Å². The average Bonchev–Trinajstić information content (AvgIpc) is 3.08. The number of hydrogen-bond donors (Lipinski definition) is 0. The summed E-state index contributed by atoms with van der Waals surface area (Å²) in [6.45, 7) is 3.03. The summed E-state index contributed by atoms with van der Waals surface area (Å²) in [6, 6.07) is 8.38. The first-order valence-electron chi connectivity index (χ1n) is 9.47. The molecule has 1 aromatic carbocycles. The van der Waals surface area contributed by atoms with Crippen LogP contribution in [0.4, 0.5) is 0 Å². The largest absolute Gasteiger partial charge is 0.496 e. The van der Waals surface area contributed by atoms with E-state index < -0.39 is 10.0 Å². The number of amides is 1. The molecule has 150 valence electrons. The molecule has 1 atom stereocenters. The maximum atomic E-state index is 12.7. The van der Waals surface area contributed by atoms with Crippen LogP contribution in [0.1, 0.15) is 18.4 Å². The van der Waals surface area contributed by atoms with Crippen LogP contribution in [0.25, 0.3) is 0 Å². The molecule has 0 aliphatic carbocycles. The molecular formula is C19H29N3O4S. The number of carbonyl (C=O) groups is 1. The Bertz CT molecular complexity index is 760. The van der Waals surface area contributed by atoms with Crippen LogP contribution >= 0.6 is 0 Å². The molecule has 0 N–H and O–H groups in total. The van der Waals surface area contributed by atoms with Crippen LogP contribution in [0.3, 0.4) is 0 Å². The quantitative estimate of drug-likeness (QED) is 0.713. The van der Waals surface area contributed by atoms with Gasteiger partial charge in [0.2, 0.25) is 15.9 Å². The summed E-state index contributed by atoms with van der Waals surface area (Å²) in [5.41, 5.74) is 1.17. The first-order valence-corrected chi connectivity index (χ1v) is 11.3. The Morgan fingerprint density at radius 3 is 2.52 bits per heavy atom. The SMILES string of the molecule is COc1ccccc1C[C@H]1CCCN1CC(=O)N1CCN(S(C)(=O)=O)CC1. The number of rotatable bonds is 6. The van der Waals surface area contributed by atoms with Crippen LogP contribution in [-0.2, 0) is 21.2 Å². The first kappa shape index (κ1) is 20.1. The zero-order valence-corrected chi connectivity index (χ0v) is 17.0. The minimum Gasteiger partial charge on any atom is -0.496 e. The molecule has 1 aromatic rings. The highest BCUT2D eigenvalue weighted by Gasteiger charge is 2.31. The molecule has 0 aromatic heterocycles. The minimum absolute atomic E-state index is 0.0927. The third-order valence-corrected chi connectivity index (χ3v) is 6.85. The van der Waals surface area contributed by atoms with Crippen LogP contribution in [0, 0.1) is 0 Å². The van der Waals surface area contributed by atoms with E-state index in [1.165, 1.54) is 16.1 Å². The zero-order chi connectivity index (χ0) is 19.4. The van der Waals surface area contributed by atoms with Gasteiger partial charge in [-0.3, -0.25) is 9.69 Å². The highest BCUT2D eigenvalue weighted by atomic mass is 32.2. The van der Waals surface area contributed by atoms with Crippen molar-refractivity contribution in [3.63, 3.8) is 0 Å². The average molecular weight is 396 g/mol. The number of sulfonamides is 1. The van der Waals surface area contributed by atoms with Gasteiger partial charge in [-0.15, -0.1) is 0 Å². The van der Waals surface area contributed by atoms with Gasteiger partial charge in [-0.1, -0.05) is 18.2 Å². The lowest BCUT2D eigenvalue weighted by molar-refractivity contribution is -0.133. The lowest BCUT2D eigenvalue weighted by Crippen LogP contribution is -2.52. The van der Waals surface area contributed by atoms with Crippen LogP contribution in [0.2, 0.25) is 0 Å². The summed E-state index contributed by atoms with van der Waals surface area (Å²) in [7, 11) is -1.49. The second-order valence-electron chi connectivity index (χ2n) is 7.33. The van der Waals surface area contributed by atoms with Crippen LogP contribution < -0.4 is 4.74 Å². The number of ether oxygens (including phenoxy) is 1. The van der Waals surface area contributed by atoms with E-state index in [4.69, 9.17) is 4.74 Å². The number of methoxy groups -OCH3 is 1. The number of nitrogens with zero attached hydrogens (tertiary/aromatic N) is 3. The van der Waals surface area contributed by atoms with Crippen molar-refractivity contribution in [1.82, 2.24) is 14.1 Å². The van der Waals surface area contributed by atoms with E-state index in [9.17, 15) is 13.2 Å². The molecule has 1 amide bonds. The maximum Gasteiger partial charge on any atom is 0.236 e. The molecule has 2 saturated heterocycles. The second-order valence-corrected chi connectivity index (χ2v) is 9.31. The van der Waals surface area contributed by atoms with E-state index in [0.29, 0.717) is 38.8 Å². The second kappa shape index (κ2) is 8.58. The Labute approximate surface area is 161 Å². The Morgan fingerprint density at radius 2 is 1.85 bits per heavy atom. The van der Waals surface area contributed by atoms with Crippen LogP contribution in [0.5, 0.6) is 5.75 Å². The molecular weight excluding hydrogens is 366 g/mol. The van der Waals surface area contributed by atoms with E-state index in [0.717, 1.165) is 31.6 Å². The Kier molecular flexibility index (Phi) is 6.39. The predicted octanol–water partition coefficient (Wildman–Crippen LogP) is 0.806. The summed E-state index contributed by atoms with van der Waals surface area (Å²) < 4.78 is 30.1. The standard InChI is InChI=1S/C19H29N3O4S/c1-26-18-8-4-3-6-16(18)14-17-7-5-9-21(17)15-19(23)20-10-12-22(13-11-20)27(2,24)25/h3-4,6,8,17H,5,7,9-15H2,1-2H3/t17-/m1/s1. The van der Waals surface area contributed by atoms with Gasteiger partial charge in [0.05, 0.1) is 19.9 Å². The predicted molar refractivity (Wildman–Crippen MR) is 104 cm³/mol. The molecule has 8 heteroatoms. The number of para-hydroxylation sites is 1. The number of benzene rings is 1. The van der Waals surface area contributed by atoms with Gasteiger partial charge < -0.3 is 9.64 Å². The number of hydrogen-bond acceptors (Lipinski definition) is 5. The highest BCUT2D eigenvalue weighted by molar-refractivity contribution is 7.88. The molecule has 27 heavy (non-hydrogen) atoms. The van der Waals surface area contributed by atoms with E-state index in [1.54, 1.807) is 12.0 Å². The fourth-order valence-electron chi connectivity index (χ4n) is 4.00. The molecule has 0 saturated carbocycles. The summed E-state index contributed by atoms with van der Waals surface area (Å²) in [5.74, 6) is 0.989. The van der Waals surface area contributed by atoms with Crippen molar-refractivity contribution in [3.8, 4) is 5.75 Å². The van der Waals surface area contributed by atoms with Gasteiger partial charge >= 0.3 is 0 Å². The van der Waals surface area contributed by atoms with Gasteiger partial charge in [0.25, 0.3) is 0 Å². The normalized spacial score (nSPS) is 22.1. The third kappa shape index (κ3) is 5.00. The molecule has 2 heterocycles. The van der Waals surface area contributed by atoms with E-state index >= 15 is 0 Å². The smallest absolute Gasteiger partial charge is 0.236 e. The van der Waals surface area contributed by atoms with Crippen molar-refractivity contribution in [2.45, 2.75) is 25.3 Å². The van der Waals surface area contributed by atoms with Crippen molar-refractivity contribution in [3.05, 3.63) is 29.8 Å². The molecule has 0 spiro atoms. The van der Waals surface area contributed by atoms with Crippen molar-refractivity contribution in [2.75, 3.05) is 52.6 Å². The van der Waals surface area contributed by atoms with Gasteiger partial charge in [0, 0.05) is 32.2 Å². The lowest BCUT2D eigenvalue weighted by Gasteiger charge is -2.35. The number of piperazine rings is 1. The van der Waals surface area contributed by atoms with Gasteiger partial charge in [-0.2, -0.15) is 4.31 Å². The molecule has 3 rings (SSSR count). The molecule has 0 bridgehead atoms. The Balaban J connectivity index is 1.56. The number of carbonyl (C=O) groups excluding carboxylic acids is 1. The Hall–Kier alpha value is -1.64. The summed E-state index contributed by atoms with van der Waals surface area (Å²) >= 11 is 0. The third-order valence-electron chi connectivity index (χ3n) is 5.55. The number of likely N-dealkylation sites (tertiary alicyclic amines) is 1. The van der Waals surface area contributed by atoms with Gasteiger partial charge in [-0.25, -0.2) is 8.42 Å². The van der Waals surface area contributed by atoms with Crippen molar-refractivity contribution >= 4 is 15.9 Å². The molecule has 2 aliphatic heterocycles. The fraction of sp³-hybridized carbons (Fsp3) is 0.632. The van der Waals surface area contributed by atoms with Crippen molar-refractivity contribution in [2.24, 2.45) is 0 Å². The molecule has 2 aliphatic rings. The lowest BCUT2D eigenvalue weighted by atomic mass is 10.0. The molecule has 0 radical (unpaired) electrons. The van der Waals surface area contributed by atoms with E-state index in [2.05, 4.69) is 11.0 Å². The molecule has 2 fully saturated rings. The minimum atomic E-state index is -3.17. The van der Waals surface area contributed by atoms with Gasteiger partial charge in [0.15, 0.2) is 0 Å². The highest BCUT2D eigenvalue weighted by Crippen LogP contribution is 2.26. The van der Waals surface area contributed by atoms with Crippen LogP contribution in [-0.4, -0.2) is 87.1 Å². The maximum absolute atomic E-state index is 12.7. The summed E-state index contributed by atoms with van der Waals surface area (Å²) in [6.07, 6.45) is 4.26. The topological polar surface area (TPSA) is 70.2 Å². The monoisotopic (exact) mass is 395 g/mol.